The lowest BCUT2D eigenvalue weighted by atomic mass is 9.83. The maximum Gasteiger partial charge on any atom is 0.239 e. The number of piperidine rings is 1. The number of aliphatic imine (C=N–C) groups is 1. The quantitative estimate of drug-likeness (QED) is 0.695. The summed E-state index contributed by atoms with van der Waals surface area (Å²) in [5.41, 5.74) is 2.79. The van der Waals surface area contributed by atoms with Crippen LogP contribution in [0.3, 0.4) is 0 Å². The van der Waals surface area contributed by atoms with Gasteiger partial charge in [0, 0.05) is 31.1 Å². The summed E-state index contributed by atoms with van der Waals surface area (Å²) in [4.78, 5) is 7.03. The van der Waals surface area contributed by atoms with E-state index < -0.39 is 6.43 Å². The van der Waals surface area contributed by atoms with Crippen LogP contribution in [0, 0.1) is 0 Å². The van der Waals surface area contributed by atoms with Crippen molar-refractivity contribution in [3.63, 3.8) is 0 Å². The van der Waals surface area contributed by atoms with Crippen molar-refractivity contribution in [1.82, 2.24) is 4.90 Å². The highest BCUT2D eigenvalue weighted by atomic mass is 35.5. The Kier molecular flexibility index (Phi) is 6.01. The van der Waals surface area contributed by atoms with E-state index in [4.69, 9.17) is 16.6 Å². The Bertz CT molecular complexity index is 879. The molecule has 0 aliphatic carbocycles. The Labute approximate surface area is 175 Å². The first-order valence-electron chi connectivity index (χ1n) is 9.98. The summed E-state index contributed by atoms with van der Waals surface area (Å²) in [6, 6.07) is 15.8. The van der Waals surface area contributed by atoms with Gasteiger partial charge < -0.3 is 15.5 Å². The Balaban J connectivity index is 1.55. The lowest BCUT2D eigenvalue weighted by molar-refractivity contribution is 0.106. The monoisotopic (exact) mass is 418 g/mol. The number of alkyl halides is 2. The molecule has 0 amide bonds. The van der Waals surface area contributed by atoms with Crippen LogP contribution in [0.15, 0.2) is 53.5 Å². The van der Waals surface area contributed by atoms with Gasteiger partial charge in [-0.1, -0.05) is 35.9 Å². The Morgan fingerprint density at radius 2 is 1.83 bits per heavy atom. The molecule has 1 spiro atoms. The Hall–Kier alpha value is -2.18. The molecule has 2 N–H and O–H groups in total. The molecule has 29 heavy (non-hydrogen) atoms. The third-order valence-corrected chi connectivity index (χ3v) is 5.92. The number of nitrogens with one attached hydrogen (secondary N) is 2. The fourth-order valence-electron chi connectivity index (χ4n) is 4.06. The predicted octanol–water partition coefficient (Wildman–Crippen LogP) is 5.27. The van der Waals surface area contributed by atoms with Crippen molar-refractivity contribution in [2.24, 2.45) is 4.99 Å². The van der Waals surface area contributed by atoms with E-state index in [2.05, 4.69) is 21.6 Å². The first kappa shape index (κ1) is 20.1. The van der Waals surface area contributed by atoms with Crippen molar-refractivity contribution < 1.29 is 8.78 Å². The summed E-state index contributed by atoms with van der Waals surface area (Å²) in [7, 11) is 0. The standard InChI is InChI=1S/C22H25ClF2N4/c23-17-5-3-4-16(14-17)15-26-21-22(28-19-7-2-1-6-18(19)27-21)9-12-29(13-10-22)11-8-20(24)25/h1-7,14,20,28H,8-13,15H2,(H,26,27). The van der Waals surface area contributed by atoms with Gasteiger partial charge in [0.2, 0.25) is 6.43 Å². The van der Waals surface area contributed by atoms with Crippen LogP contribution < -0.4 is 10.6 Å². The second kappa shape index (κ2) is 8.67. The molecule has 0 unspecified atom stereocenters. The molecule has 4 nitrogen and oxygen atoms in total. The Morgan fingerprint density at radius 3 is 2.55 bits per heavy atom. The van der Waals surface area contributed by atoms with Crippen LogP contribution >= 0.6 is 11.6 Å². The van der Waals surface area contributed by atoms with E-state index in [9.17, 15) is 8.78 Å². The molecule has 2 aliphatic rings. The van der Waals surface area contributed by atoms with Gasteiger partial charge in [-0.2, -0.15) is 0 Å². The predicted molar refractivity (Wildman–Crippen MR) is 115 cm³/mol. The number of benzene rings is 2. The fourth-order valence-corrected chi connectivity index (χ4v) is 4.28. The van der Waals surface area contributed by atoms with Gasteiger partial charge in [-0.05, 0) is 42.7 Å². The molecule has 4 rings (SSSR count). The van der Waals surface area contributed by atoms with Crippen molar-refractivity contribution in [2.75, 3.05) is 30.3 Å². The van der Waals surface area contributed by atoms with Gasteiger partial charge in [-0.25, -0.2) is 8.78 Å². The number of likely N-dealkylation sites (tertiary alicyclic amines) is 1. The van der Waals surface area contributed by atoms with E-state index in [1.165, 1.54) is 0 Å². The van der Waals surface area contributed by atoms with E-state index in [0.29, 0.717) is 18.1 Å². The number of hydrogen-bond donors (Lipinski definition) is 2. The largest absolute Gasteiger partial charge is 0.371 e. The minimum absolute atomic E-state index is 0.0722. The summed E-state index contributed by atoms with van der Waals surface area (Å²) in [5, 5.41) is 7.92. The van der Waals surface area contributed by atoms with Gasteiger partial charge in [0.15, 0.2) is 0 Å². The second-order valence-corrected chi connectivity index (χ2v) is 8.13. The zero-order valence-corrected chi connectivity index (χ0v) is 16.9. The number of fused-ring (bicyclic) bond motifs is 1. The summed E-state index contributed by atoms with van der Waals surface area (Å²) in [6.07, 6.45) is -0.697. The van der Waals surface area contributed by atoms with Gasteiger partial charge in [0.05, 0.1) is 23.5 Å². The van der Waals surface area contributed by atoms with E-state index in [0.717, 1.165) is 48.7 Å². The highest BCUT2D eigenvalue weighted by molar-refractivity contribution is 6.30. The third kappa shape index (κ3) is 4.70. The molecule has 0 atom stereocenters. The number of para-hydroxylation sites is 2. The molecule has 2 aromatic rings. The zero-order chi connectivity index (χ0) is 20.3. The molecule has 0 saturated carbocycles. The number of halogens is 3. The molecule has 1 saturated heterocycles. The van der Waals surface area contributed by atoms with E-state index in [1.54, 1.807) is 0 Å². The molecular weight excluding hydrogens is 394 g/mol. The molecule has 7 heteroatoms. The van der Waals surface area contributed by atoms with Crippen LogP contribution in [0.4, 0.5) is 20.2 Å². The third-order valence-electron chi connectivity index (χ3n) is 5.69. The molecule has 1 fully saturated rings. The number of amidine groups is 1. The van der Waals surface area contributed by atoms with Gasteiger partial charge in [0.1, 0.15) is 5.84 Å². The molecule has 0 radical (unpaired) electrons. The average molecular weight is 419 g/mol. The maximum atomic E-state index is 12.6. The normalized spacial score (nSPS) is 19.8. The Morgan fingerprint density at radius 1 is 1.07 bits per heavy atom. The van der Waals surface area contributed by atoms with Gasteiger partial charge in [-0.3, -0.25) is 4.99 Å². The smallest absolute Gasteiger partial charge is 0.239 e. The average Bonchev–Trinajstić information content (AvgIpc) is 2.72. The van der Waals surface area contributed by atoms with Crippen LogP contribution in [0.5, 0.6) is 0 Å². The molecule has 154 valence electrons. The zero-order valence-electron chi connectivity index (χ0n) is 16.2. The lowest BCUT2D eigenvalue weighted by Crippen LogP contribution is -2.58. The number of anilines is 2. The van der Waals surface area contributed by atoms with Crippen molar-refractivity contribution in [2.45, 2.75) is 37.8 Å². The van der Waals surface area contributed by atoms with Crippen molar-refractivity contribution in [3.05, 3.63) is 59.1 Å². The second-order valence-electron chi connectivity index (χ2n) is 7.69. The van der Waals surface area contributed by atoms with Crippen LogP contribution in [-0.2, 0) is 6.54 Å². The van der Waals surface area contributed by atoms with Crippen LogP contribution in [-0.4, -0.2) is 42.3 Å². The molecule has 2 aromatic carbocycles. The minimum atomic E-state index is -2.25. The number of hydrogen-bond acceptors (Lipinski definition) is 3. The first-order chi connectivity index (χ1) is 14.0. The maximum absolute atomic E-state index is 12.6. The van der Waals surface area contributed by atoms with E-state index in [-0.39, 0.29) is 12.0 Å². The summed E-state index contributed by atoms with van der Waals surface area (Å²) >= 11 is 6.11. The molecule has 0 aromatic heterocycles. The van der Waals surface area contributed by atoms with Crippen LogP contribution in [0.2, 0.25) is 5.02 Å². The van der Waals surface area contributed by atoms with Crippen molar-refractivity contribution in [1.29, 1.82) is 0 Å². The highest BCUT2D eigenvalue weighted by Crippen LogP contribution is 2.37. The molecule has 2 heterocycles. The van der Waals surface area contributed by atoms with Gasteiger partial charge in [0.25, 0.3) is 0 Å². The molecule has 2 aliphatic heterocycles. The summed E-state index contributed by atoms with van der Waals surface area (Å²) in [6.45, 7) is 2.50. The topological polar surface area (TPSA) is 39.7 Å². The van der Waals surface area contributed by atoms with Crippen LogP contribution in [0.25, 0.3) is 0 Å². The first-order valence-corrected chi connectivity index (χ1v) is 10.4. The number of nitrogens with zero attached hydrogens (tertiary/aromatic N) is 2. The minimum Gasteiger partial charge on any atom is -0.371 e. The van der Waals surface area contributed by atoms with Gasteiger partial charge >= 0.3 is 0 Å². The van der Waals surface area contributed by atoms with Crippen LogP contribution in [0.1, 0.15) is 24.8 Å². The van der Waals surface area contributed by atoms with E-state index >= 15 is 0 Å². The van der Waals surface area contributed by atoms with E-state index in [1.807, 2.05) is 42.5 Å². The lowest BCUT2D eigenvalue weighted by Gasteiger charge is -2.46. The highest BCUT2D eigenvalue weighted by Gasteiger charge is 2.42. The summed E-state index contributed by atoms with van der Waals surface area (Å²) < 4.78 is 25.2. The van der Waals surface area contributed by atoms with Gasteiger partial charge in [-0.15, -0.1) is 0 Å². The summed E-state index contributed by atoms with van der Waals surface area (Å²) in [5.74, 6) is 0.907. The number of rotatable bonds is 5. The van der Waals surface area contributed by atoms with Crippen molar-refractivity contribution >= 4 is 28.8 Å². The van der Waals surface area contributed by atoms with Crippen molar-refractivity contribution in [3.8, 4) is 0 Å². The molecule has 0 bridgehead atoms. The fraction of sp³-hybridized carbons (Fsp3) is 0.409. The molecular formula is C22H25ClF2N4. The SMILES string of the molecule is FC(F)CCN1CCC2(CC1)Nc1ccccc1NC2=NCc1cccc(Cl)c1.